The molecule has 1 unspecified atom stereocenters. The average molecular weight is 303 g/mol. The van der Waals surface area contributed by atoms with Crippen LogP contribution in [0.2, 0.25) is 0 Å². The normalized spacial score (nSPS) is 11.7. The molecule has 0 saturated carbocycles. The van der Waals surface area contributed by atoms with E-state index >= 15 is 0 Å². The fourth-order valence-corrected chi connectivity index (χ4v) is 2.72. The van der Waals surface area contributed by atoms with Crippen LogP contribution >= 0.6 is 11.8 Å². The van der Waals surface area contributed by atoms with Crippen LogP contribution in [0.1, 0.15) is 10.9 Å². The van der Waals surface area contributed by atoms with Gasteiger partial charge < -0.3 is 15.2 Å². The predicted octanol–water partition coefficient (Wildman–Crippen LogP) is 3.62. The highest BCUT2D eigenvalue weighted by atomic mass is 32.2. The van der Waals surface area contributed by atoms with E-state index < -0.39 is 5.97 Å². The molecule has 0 aliphatic carbocycles. The van der Waals surface area contributed by atoms with Gasteiger partial charge in [0.05, 0.1) is 18.2 Å². The number of hydrogen-bond acceptors (Lipinski definition) is 4. The van der Waals surface area contributed by atoms with E-state index in [0.717, 1.165) is 17.0 Å². The number of benzene rings is 2. The number of anilines is 1. The minimum Gasteiger partial charge on any atom is -0.497 e. The van der Waals surface area contributed by atoms with Crippen LogP contribution in [-0.2, 0) is 4.79 Å². The molecule has 0 fully saturated rings. The maximum absolute atomic E-state index is 10.8. The van der Waals surface area contributed by atoms with E-state index in [1.54, 1.807) is 7.11 Å². The molecule has 0 heterocycles. The maximum atomic E-state index is 10.8. The molecule has 2 N–H and O–H groups in total. The van der Waals surface area contributed by atoms with E-state index in [0.29, 0.717) is 0 Å². The number of hydrogen-bond donors (Lipinski definition) is 2. The molecule has 0 aromatic heterocycles. The summed E-state index contributed by atoms with van der Waals surface area (Å²) < 4.78 is 5.14. The molecule has 0 aliphatic heterocycles. The van der Waals surface area contributed by atoms with Crippen LogP contribution in [0.5, 0.6) is 5.75 Å². The molecule has 0 bridgehead atoms. The Kier molecular flexibility index (Phi) is 5.51. The molecule has 2 aromatic rings. The van der Waals surface area contributed by atoms with Crippen molar-refractivity contribution in [3.63, 3.8) is 0 Å². The van der Waals surface area contributed by atoms with Crippen molar-refractivity contribution in [1.82, 2.24) is 0 Å². The fraction of sp³-hybridized carbons (Fsp3) is 0.188. The van der Waals surface area contributed by atoms with Gasteiger partial charge in [-0.05, 0) is 29.8 Å². The Labute approximate surface area is 128 Å². The Balaban J connectivity index is 2.15. The Bertz CT molecular complexity index is 572. The lowest BCUT2D eigenvalue weighted by atomic mass is 10.2. The zero-order valence-corrected chi connectivity index (χ0v) is 12.5. The Morgan fingerprint density at radius 2 is 1.86 bits per heavy atom. The molecule has 4 nitrogen and oxygen atoms in total. The quantitative estimate of drug-likeness (QED) is 0.765. The standard InChI is InChI=1S/C16H17NO3S/c1-20-14-9-7-12(8-10-14)16(21-11-15(18)19)17-13-5-3-2-4-6-13/h2-10,16-17H,11H2,1H3,(H,18,19). The van der Waals surface area contributed by atoms with Gasteiger partial charge in [-0.3, -0.25) is 4.79 Å². The highest BCUT2D eigenvalue weighted by Crippen LogP contribution is 2.31. The second kappa shape index (κ2) is 7.59. The van der Waals surface area contributed by atoms with Crippen LogP contribution in [0, 0.1) is 0 Å². The van der Waals surface area contributed by atoms with Gasteiger partial charge in [0.25, 0.3) is 0 Å². The molecule has 2 aromatic carbocycles. The minimum absolute atomic E-state index is 0.0382. The number of thioether (sulfide) groups is 1. The van der Waals surface area contributed by atoms with Gasteiger partial charge in [0.1, 0.15) is 5.75 Å². The van der Waals surface area contributed by atoms with Crippen molar-refractivity contribution >= 4 is 23.4 Å². The molecule has 0 saturated heterocycles. The summed E-state index contributed by atoms with van der Waals surface area (Å²) in [6, 6.07) is 17.4. The van der Waals surface area contributed by atoms with Crippen molar-refractivity contribution in [2.75, 3.05) is 18.2 Å². The smallest absolute Gasteiger partial charge is 0.313 e. The van der Waals surface area contributed by atoms with Crippen molar-refractivity contribution in [3.8, 4) is 5.75 Å². The number of rotatable bonds is 7. The van der Waals surface area contributed by atoms with E-state index in [4.69, 9.17) is 9.84 Å². The SMILES string of the molecule is COc1ccc(C(Nc2ccccc2)SCC(=O)O)cc1. The first-order chi connectivity index (χ1) is 10.2. The minimum atomic E-state index is -0.826. The van der Waals surface area contributed by atoms with Gasteiger partial charge >= 0.3 is 5.97 Å². The molecule has 1 atom stereocenters. The summed E-state index contributed by atoms with van der Waals surface area (Å²) in [6.45, 7) is 0. The summed E-state index contributed by atoms with van der Waals surface area (Å²) in [5, 5.41) is 12.1. The molecule has 110 valence electrons. The lowest BCUT2D eigenvalue weighted by Crippen LogP contribution is -2.10. The first-order valence-corrected chi connectivity index (χ1v) is 7.53. The molecule has 0 aliphatic rings. The van der Waals surface area contributed by atoms with E-state index in [1.165, 1.54) is 11.8 Å². The molecule has 21 heavy (non-hydrogen) atoms. The fourth-order valence-electron chi connectivity index (χ4n) is 1.84. The second-order valence-electron chi connectivity index (χ2n) is 4.37. The van der Waals surface area contributed by atoms with Crippen LogP contribution in [0.15, 0.2) is 54.6 Å². The maximum Gasteiger partial charge on any atom is 0.313 e. The molecule has 2 rings (SSSR count). The van der Waals surface area contributed by atoms with Crippen LogP contribution < -0.4 is 10.1 Å². The van der Waals surface area contributed by atoms with Crippen LogP contribution in [-0.4, -0.2) is 23.9 Å². The van der Waals surface area contributed by atoms with Gasteiger partial charge in [0, 0.05) is 5.69 Å². The number of carbonyl (C=O) groups is 1. The first-order valence-electron chi connectivity index (χ1n) is 6.48. The summed E-state index contributed by atoms with van der Waals surface area (Å²) in [5.74, 6) is -0.00917. The topological polar surface area (TPSA) is 58.6 Å². The number of methoxy groups -OCH3 is 1. The Hall–Kier alpha value is -2.14. The van der Waals surface area contributed by atoms with Crippen molar-refractivity contribution in [2.45, 2.75) is 5.37 Å². The number of ether oxygens (including phenoxy) is 1. The van der Waals surface area contributed by atoms with Crippen LogP contribution in [0.3, 0.4) is 0 Å². The van der Waals surface area contributed by atoms with Crippen molar-refractivity contribution in [1.29, 1.82) is 0 Å². The monoisotopic (exact) mass is 303 g/mol. The highest BCUT2D eigenvalue weighted by Gasteiger charge is 2.14. The number of aliphatic carboxylic acids is 1. The van der Waals surface area contributed by atoms with Gasteiger partial charge in [-0.15, -0.1) is 11.8 Å². The second-order valence-corrected chi connectivity index (χ2v) is 5.46. The number of nitrogens with one attached hydrogen (secondary N) is 1. The zero-order chi connectivity index (χ0) is 15.1. The summed E-state index contributed by atoms with van der Waals surface area (Å²) in [6.07, 6.45) is 0. The molecular formula is C16H17NO3S. The van der Waals surface area contributed by atoms with Crippen molar-refractivity contribution < 1.29 is 14.6 Å². The Morgan fingerprint density at radius 3 is 2.43 bits per heavy atom. The van der Waals surface area contributed by atoms with E-state index in [1.807, 2.05) is 54.6 Å². The van der Waals surface area contributed by atoms with Gasteiger partial charge in [-0.25, -0.2) is 0 Å². The third-order valence-electron chi connectivity index (χ3n) is 2.86. The van der Waals surface area contributed by atoms with Gasteiger partial charge in [-0.1, -0.05) is 30.3 Å². The van der Waals surface area contributed by atoms with E-state index in [9.17, 15) is 4.79 Å². The summed E-state index contributed by atoms with van der Waals surface area (Å²) in [4.78, 5) is 10.8. The third kappa shape index (κ3) is 4.72. The summed E-state index contributed by atoms with van der Waals surface area (Å²) in [5.41, 5.74) is 1.96. The van der Waals surface area contributed by atoms with E-state index in [-0.39, 0.29) is 11.1 Å². The van der Waals surface area contributed by atoms with E-state index in [2.05, 4.69) is 5.32 Å². The number of para-hydroxylation sites is 1. The van der Waals surface area contributed by atoms with Crippen LogP contribution in [0.4, 0.5) is 5.69 Å². The molecule has 0 spiro atoms. The average Bonchev–Trinajstić information content (AvgIpc) is 2.52. The van der Waals surface area contributed by atoms with Gasteiger partial charge in [0.15, 0.2) is 0 Å². The summed E-state index contributed by atoms with van der Waals surface area (Å²) in [7, 11) is 1.62. The van der Waals surface area contributed by atoms with Crippen molar-refractivity contribution in [2.24, 2.45) is 0 Å². The number of carboxylic acid groups (broad SMARTS) is 1. The van der Waals surface area contributed by atoms with Gasteiger partial charge in [-0.2, -0.15) is 0 Å². The molecular weight excluding hydrogens is 286 g/mol. The first kappa shape index (κ1) is 15.3. The molecule has 0 radical (unpaired) electrons. The largest absolute Gasteiger partial charge is 0.497 e. The third-order valence-corrected chi connectivity index (χ3v) is 4.00. The predicted molar refractivity (Wildman–Crippen MR) is 85.9 cm³/mol. The highest BCUT2D eigenvalue weighted by molar-refractivity contribution is 8.00. The zero-order valence-electron chi connectivity index (χ0n) is 11.7. The van der Waals surface area contributed by atoms with Gasteiger partial charge in [0.2, 0.25) is 0 Å². The lowest BCUT2D eigenvalue weighted by molar-refractivity contribution is -0.133. The Morgan fingerprint density at radius 1 is 1.19 bits per heavy atom. The lowest BCUT2D eigenvalue weighted by Gasteiger charge is -2.19. The van der Waals surface area contributed by atoms with Crippen LogP contribution in [0.25, 0.3) is 0 Å². The molecule has 5 heteroatoms. The number of carboxylic acids is 1. The van der Waals surface area contributed by atoms with Crippen molar-refractivity contribution in [3.05, 3.63) is 60.2 Å². The molecule has 0 amide bonds. The summed E-state index contributed by atoms with van der Waals surface area (Å²) >= 11 is 1.34.